The Morgan fingerprint density at radius 1 is 0.774 bits per heavy atom. The molecule has 0 unspecified atom stereocenters. The van der Waals surface area contributed by atoms with Crippen molar-refractivity contribution in [2.24, 2.45) is 0 Å². The minimum absolute atomic E-state index is 0. The number of halogens is 1. The van der Waals surface area contributed by atoms with Crippen molar-refractivity contribution in [2.75, 3.05) is 0 Å². The number of phenolic OH excluding ortho intramolecular Hbond substituents is 1. The van der Waals surface area contributed by atoms with Gasteiger partial charge in [-0.05, 0) is 49.1 Å². The van der Waals surface area contributed by atoms with E-state index in [1.165, 1.54) is 63.4 Å². The standard InChI is InChI=1S/C28H36O2.ClH/c1-3-4-5-6-7-8-9-10-11-13-18-24-20-25-22(2)19-27(23-16-14-12-15-17-23)30-28(25)21-26(24)29;/h12,14-17,19-21H,3-11,13,18H2,1-2H3;1H. The summed E-state index contributed by atoms with van der Waals surface area (Å²) in [6, 6.07) is 16.1. The zero-order valence-corrected chi connectivity index (χ0v) is 19.9. The Labute approximate surface area is 194 Å². The fraction of sp³-hybridized carbons (Fsp3) is 0.464. The minimum Gasteiger partial charge on any atom is -1.00 e. The van der Waals surface area contributed by atoms with Gasteiger partial charge in [-0.15, -0.1) is 0 Å². The normalized spacial score (nSPS) is 10.9. The van der Waals surface area contributed by atoms with Crippen LogP contribution in [-0.4, -0.2) is 5.11 Å². The highest BCUT2D eigenvalue weighted by molar-refractivity contribution is 5.84. The summed E-state index contributed by atoms with van der Waals surface area (Å²) >= 11 is 0. The van der Waals surface area contributed by atoms with E-state index in [4.69, 9.17) is 4.42 Å². The Morgan fingerprint density at radius 3 is 2.03 bits per heavy atom. The van der Waals surface area contributed by atoms with Crippen LogP contribution in [0.4, 0.5) is 0 Å². The molecule has 1 N–H and O–H groups in total. The number of aryl methyl sites for hydroxylation is 2. The second-order valence-corrected chi connectivity index (χ2v) is 8.57. The number of fused-ring (bicyclic) bond motifs is 1. The molecule has 0 aliphatic rings. The van der Waals surface area contributed by atoms with E-state index in [-0.39, 0.29) is 12.4 Å². The summed E-state index contributed by atoms with van der Waals surface area (Å²) < 4.78 is 6.11. The van der Waals surface area contributed by atoms with Crippen LogP contribution in [0, 0.1) is 6.92 Å². The quantitative estimate of drug-likeness (QED) is 0.282. The molecule has 3 rings (SSSR count). The average Bonchev–Trinajstić information content (AvgIpc) is 2.76. The van der Waals surface area contributed by atoms with Crippen LogP contribution in [0.2, 0.25) is 0 Å². The number of hydrogen-bond acceptors (Lipinski definition) is 1. The number of benzene rings is 2. The molecule has 31 heavy (non-hydrogen) atoms. The van der Waals surface area contributed by atoms with Crippen molar-refractivity contribution in [1.29, 1.82) is 0 Å². The topological polar surface area (TPSA) is 31.5 Å². The van der Waals surface area contributed by atoms with Gasteiger partial charge in [0.25, 0.3) is 0 Å². The molecule has 0 radical (unpaired) electrons. The van der Waals surface area contributed by atoms with E-state index in [1.807, 2.05) is 30.3 Å². The molecular weight excluding hydrogens is 404 g/mol. The summed E-state index contributed by atoms with van der Waals surface area (Å²) in [5.41, 5.74) is 4.02. The molecule has 0 fully saturated rings. The Kier molecular flexibility index (Phi) is 10.9. The van der Waals surface area contributed by atoms with Crippen LogP contribution in [0.15, 0.2) is 52.9 Å². The Bertz CT molecular complexity index is 921. The lowest BCUT2D eigenvalue weighted by molar-refractivity contribution is -0.00000780. The zero-order chi connectivity index (χ0) is 21.2. The summed E-state index contributed by atoms with van der Waals surface area (Å²) in [6.07, 6.45) is 14.2. The largest absolute Gasteiger partial charge is 1.00 e. The first kappa shape index (κ1) is 25.2. The molecule has 1 aromatic heterocycles. The van der Waals surface area contributed by atoms with Crippen LogP contribution >= 0.6 is 0 Å². The van der Waals surface area contributed by atoms with Gasteiger partial charge in [-0.25, -0.2) is 4.42 Å². The lowest BCUT2D eigenvalue weighted by Gasteiger charge is -2.06. The Hall–Kier alpha value is -2.06. The highest BCUT2D eigenvalue weighted by Crippen LogP contribution is 2.32. The van der Waals surface area contributed by atoms with Crippen molar-refractivity contribution in [2.45, 2.75) is 84.5 Å². The van der Waals surface area contributed by atoms with Crippen molar-refractivity contribution < 1.29 is 21.9 Å². The predicted octanol–water partition coefficient (Wildman–Crippen LogP) is 5.86. The Morgan fingerprint density at radius 2 is 1.39 bits per heavy atom. The maximum Gasteiger partial charge on any atom is 0.364 e. The maximum absolute atomic E-state index is 10.5. The van der Waals surface area contributed by atoms with E-state index in [0.717, 1.165) is 40.7 Å². The van der Waals surface area contributed by atoms with Gasteiger partial charge in [0.1, 0.15) is 5.75 Å². The number of unbranched alkanes of at least 4 members (excludes halogenated alkanes) is 9. The van der Waals surface area contributed by atoms with Gasteiger partial charge < -0.3 is 17.5 Å². The van der Waals surface area contributed by atoms with Crippen molar-refractivity contribution in [3.8, 4) is 17.1 Å². The van der Waals surface area contributed by atoms with Crippen molar-refractivity contribution in [1.82, 2.24) is 0 Å². The van der Waals surface area contributed by atoms with Gasteiger partial charge in [-0.2, -0.15) is 0 Å². The molecule has 1 heterocycles. The molecule has 3 aromatic rings. The number of aromatic hydroxyl groups is 1. The summed E-state index contributed by atoms with van der Waals surface area (Å²) in [5.74, 6) is 1.19. The van der Waals surface area contributed by atoms with E-state index in [2.05, 4.69) is 26.0 Å². The molecule has 0 aliphatic carbocycles. The maximum atomic E-state index is 10.5. The monoisotopic (exact) mass is 440 g/mol. The molecule has 0 atom stereocenters. The zero-order valence-electron chi connectivity index (χ0n) is 19.1. The number of rotatable bonds is 12. The number of phenols is 1. The van der Waals surface area contributed by atoms with Gasteiger partial charge in [0, 0.05) is 6.07 Å². The Balaban J connectivity index is 0.00000341. The molecule has 3 heteroatoms. The van der Waals surface area contributed by atoms with E-state index >= 15 is 0 Å². The van der Waals surface area contributed by atoms with E-state index in [0.29, 0.717) is 5.75 Å². The molecular formula is C28H37ClO2. The third-order valence-electron chi connectivity index (χ3n) is 6.03. The molecule has 0 spiro atoms. The lowest BCUT2D eigenvalue weighted by Crippen LogP contribution is -3.00. The smallest absolute Gasteiger partial charge is 0.364 e. The SMILES string of the molecule is CCCCCCCCCCCCc1cc2c(C)cc(-c3ccccc3)[o+]c2cc1O.[Cl-]. The van der Waals surface area contributed by atoms with Gasteiger partial charge in [0.15, 0.2) is 0 Å². The third kappa shape index (κ3) is 7.54. The third-order valence-corrected chi connectivity index (χ3v) is 6.03. The lowest BCUT2D eigenvalue weighted by atomic mass is 10.00. The van der Waals surface area contributed by atoms with Gasteiger partial charge in [-0.1, -0.05) is 82.9 Å². The van der Waals surface area contributed by atoms with Gasteiger partial charge in [0.05, 0.1) is 17.0 Å². The second kappa shape index (κ2) is 13.4. The van der Waals surface area contributed by atoms with Crippen LogP contribution in [0.1, 0.15) is 82.3 Å². The molecule has 168 valence electrons. The van der Waals surface area contributed by atoms with Crippen LogP contribution < -0.4 is 12.4 Å². The summed E-state index contributed by atoms with van der Waals surface area (Å²) in [4.78, 5) is 0. The van der Waals surface area contributed by atoms with Crippen LogP contribution in [-0.2, 0) is 6.42 Å². The average molecular weight is 441 g/mol. The summed E-state index contributed by atoms with van der Waals surface area (Å²) in [6.45, 7) is 4.39. The van der Waals surface area contributed by atoms with E-state index in [1.54, 1.807) is 6.07 Å². The van der Waals surface area contributed by atoms with E-state index in [9.17, 15) is 5.11 Å². The molecule has 0 aliphatic heterocycles. The molecule has 0 saturated carbocycles. The fourth-order valence-corrected chi connectivity index (χ4v) is 4.18. The first-order chi connectivity index (χ1) is 14.7. The highest BCUT2D eigenvalue weighted by atomic mass is 35.5. The van der Waals surface area contributed by atoms with Crippen molar-refractivity contribution >= 4 is 11.0 Å². The van der Waals surface area contributed by atoms with Crippen LogP contribution in [0.3, 0.4) is 0 Å². The first-order valence-corrected chi connectivity index (χ1v) is 11.8. The molecule has 0 amide bonds. The minimum atomic E-state index is 0. The summed E-state index contributed by atoms with van der Waals surface area (Å²) in [5, 5.41) is 11.6. The number of hydrogen-bond donors (Lipinski definition) is 1. The van der Waals surface area contributed by atoms with E-state index < -0.39 is 0 Å². The molecule has 0 saturated heterocycles. The first-order valence-electron chi connectivity index (χ1n) is 11.8. The second-order valence-electron chi connectivity index (χ2n) is 8.57. The van der Waals surface area contributed by atoms with Crippen molar-refractivity contribution in [3.63, 3.8) is 0 Å². The van der Waals surface area contributed by atoms with Crippen LogP contribution in [0.5, 0.6) is 5.75 Å². The predicted molar refractivity (Wildman–Crippen MR) is 128 cm³/mol. The molecule has 2 aromatic carbocycles. The summed E-state index contributed by atoms with van der Waals surface area (Å²) in [7, 11) is 0. The van der Waals surface area contributed by atoms with Gasteiger partial charge >= 0.3 is 11.3 Å². The fourth-order valence-electron chi connectivity index (χ4n) is 4.18. The highest BCUT2D eigenvalue weighted by Gasteiger charge is 2.19. The van der Waals surface area contributed by atoms with Gasteiger partial charge in [0.2, 0.25) is 0 Å². The van der Waals surface area contributed by atoms with Crippen LogP contribution in [0.25, 0.3) is 22.3 Å². The molecule has 2 nitrogen and oxygen atoms in total. The van der Waals surface area contributed by atoms with Crippen molar-refractivity contribution in [3.05, 3.63) is 59.7 Å². The van der Waals surface area contributed by atoms with Gasteiger partial charge in [-0.3, -0.25) is 0 Å². The molecule has 0 bridgehead atoms.